The molecule has 22 heavy (non-hydrogen) atoms. The van der Waals surface area contributed by atoms with Gasteiger partial charge in [-0.3, -0.25) is 0 Å². The van der Waals surface area contributed by atoms with Crippen LogP contribution in [0, 0.1) is 0 Å². The van der Waals surface area contributed by atoms with Crippen LogP contribution >= 0.6 is 23.2 Å². The molecule has 0 saturated heterocycles. The van der Waals surface area contributed by atoms with Crippen LogP contribution in [0.5, 0.6) is 0 Å². The zero-order chi connectivity index (χ0) is 15.4. The number of hydrogen-bond donors (Lipinski definition) is 1. The van der Waals surface area contributed by atoms with E-state index in [1.165, 1.54) is 0 Å². The molecule has 0 unspecified atom stereocenters. The lowest BCUT2D eigenvalue weighted by Gasteiger charge is -2.07. The van der Waals surface area contributed by atoms with Crippen molar-refractivity contribution in [2.75, 3.05) is 11.9 Å². The fourth-order valence-corrected chi connectivity index (χ4v) is 2.35. The summed E-state index contributed by atoms with van der Waals surface area (Å²) >= 11 is 12.0. The third kappa shape index (κ3) is 3.59. The molecule has 6 heteroatoms. The molecule has 0 aliphatic carbocycles. The van der Waals surface area contributed by atoms with Crippen LogP contribution in [-0.2, 0) is 6.42 Å². The van der Waals surface area contributed by atoms with Crippen LogP contribution in [-0.4, -0.2) is 16.7 Å². The molecular weight excluding hydrogens is 321 g/mol. The van der Waals surface area contributed by atoms with E-state index in [1.807, 2.05) is 30.3 Å². The van der Waals surface area contributed by atoms with Crippen LogP contribution in [0.15, 0.2) is 52.9 Å². The lowest BCUT2D eigenvalue weighted by Crippen LogP contribution is -2.05. The fourth-order valence-electron chi connectivity index (χ4n) is 1.99. The maximum absolute atomic E-state index is 6.09. The van der Waals surface area contributed by atoms with Gasteiger partial charge >= 0.3 is 0 Å². The highest BCUT2D eigenvalue weighted by Gasteiger charge is 2.08. The molecule has 0 aliphatic rings. The Morgan fingerprint density at radius 1 is 1.00 bits per heavy atom. The molecule has 0 fully saturated rings. The van der Waals surface area contributed by atoms with Crippen LogP contribution in [0.2, 0.25) is 10.0 Å². The first-order chi connectivity index (χ1) is 10.7. The maximum atomic E-state index is 6.09. The van der Waals surface area contributed by atoms with Gasteiger partial charge in [-0.15, -0.1) is 10.2 Å². The highest BCUT2D eigenvalue weighted by molar-refractivity contribution is 6.35. The molecule has 1 heterocycles. The molecule has 0 spiro atoms. The zero-order valence-corrected chi connectivity index (χ0v) is 13.1. The molecule has 2 aromatic carbocycles. The minimum absolute atomic E-state index is 0.524. The summed E-state index contributed by atoms with van der Waals surface area (Å²) in [5, 5.41) is 12.6. The predicted octanol–water partition coefficient (Wildman–Crippen LogP) is 4.70. The molecule has 4 nitrogen and oxygen atoms in total. The van der Waals surface area contributed by atoms with Crippen molar-refractivity contribution in [2.45, 2.75) is 6.42 Å². The van der Waals surface area contributed by atoms with Crippen molar-refractivity contribution in [1.29, 1.82) is 0 Å². The quantitative estimate of drug-likeness (QED) is 0.735. The van der Waals surface area contributed by atoms with Gasteiger partial charge in [-0.05, 0) is 30.3 Å². The number of benzene rings is 2. The molecule has 0 atom stereocenters. The summed E-state index contributed by atoms with van der Waals surface area (Å²) in [6.07, 6.45) is 0.600. The Hall–Kier alpha value is -2.04. The molecule has 0 aliphatic heterocycles. The number of nitrogens with zero attached hydrogens (tertiary/aromatic N) is 2. The maximum Gasteiger partial charge on any atom is 0.247 e. The molecule has 1 N–H and O–H groups in total. The van der Waals surface area contributed by atoms with Gasteiger partial charge < -0.3 is 9.73 Å². The Bertz CT molecular complexity index is 759. The van der Waals surface area contributed by atoms with E-state index in [4.69, 9.17) is 27.6 Å². The van der Waals surface area contributed by atoms with Gasteiger partial charge in [0.05, 0.1) is 10.7 Å². The largest absolute Gasteiger partial charge is 0.421 e. The second-order valence-electron chi connectivity index (χ2n) is 4.67. The molecule has 0 bridgehead atoms. The Morgan fingerprint density at radius 2 is 1.82 bits per heavy atom. The Balaban J connectivity index is 1.61. The monoisotopic (exact) mass is 333 g/mol. The van der Waals surface area contributed by atoms with Crippen LogP contribution in [0.4, 0.5) is 5.69 Å². The highest BCUT2D eigenvalue weighted by atomic mass is 35.5. The third-order valence-electron chi connectivity index (χ3n) is 3.07. The van der Waals surface area contributed by atoms with Crippen molar-refractivity contribution < 1.29 is 4.42 Å². The van der Waals surface area contributed by atoms with Crippen molar-refractivity contribution in [2.24, 2.45) is 0 Å². The van der Waals surface area contributed by atoms with Crippen LogP contribution < -0.4 is 5.32 Å². The molecule has 3 aromatic rings. The molecule has 0 radical (unpaired) electrons. The van der Waals surface area contributed by atoms with Gasteiger partial charge in [0.2, 0.25) is 11.8 Å². The van der Waals surface area contributed by atoms with E-state index in [0.717, 1.165) is 11.3 Å². The number of aromatic nitrogens is 2. The third-order valence-corrected chi connectivity index (χ3v) is 3.63. The summed E-state index contributed by atoms with van der Waals surface area (Å²) in [6, 6.07) is 15.0. The molecule has 112 valence electrons. The van der Waals surface area contributed by atoms with E-state index in [9.17, 15) is 0 Å². The summed E-state index contributed by atoms with van der Waals surface area (Å²) in [7, 11) is 0. The number of nitrogens with one attached hydrogen (secondary N) is 1. The molecule has 3 rings (SSSR count). The van der Waals surface area contributed by atoms with Crippen LogP contribution in [0.25, 0.3) is 11.5 Å². The predicted molar refractivity (Wildman–Crippen MR) is 88.4 cm³/mol. The number of halogens is 2. The Morgan fingerprint density at radius 3 is 2.64 bits per heavy atom. The molecule has 0 saturated carbocycles. The van der Waals surface area contributed by atoms with Gasteiger partial charge in [-0.1, -0.05) is 41.4 Å². The van der Waals surface area contributed by atoms with Gasteiger partial charge in [-0.25, -0.2) is 0 Å². The van der Waals surface area contributed by atoms with E-state index >= 15 is 0 Å². The summed E-state index contributed by atoms with van der Waals surface area (Å²) in [5.41, 5.74) is 1.70. The van der Waals surface area contributed by atoms with E-state index in [-0.39, 0.29) is 0 Å². The second kappa shape index (κ2) is 6.81. The second-order valence-corrected chi connectivity index (χ2v) is 5.51. The van der Waals surface area contributed by atoms with Gasteiger partial charge in [-0.2, -0.15) is 0 Å². The Kier molecular flexibility index (Phi) is 4.61. The van der Waals surface area contributed by atoms with Crippen LogP contribution in [0.3, 0.4) is 0 Å². The highest BCUT2D eigenvalue weighted by Crippen LogP contribution is 2.25. The summed E-state index contributed by atoms with van der Waals surface area (Å²) in [6.45, 7) is 0.622. The lowest BCUT2D eigenvalue weighted by atomic mass is 10.2. The van der Waals surface area contributed by atoms with Gasteiger partial charge in [0, 0.05) is 23.6 Å². The molecular formula is C16H13Cl2N3O. The van der Waals surface area contributed by atoms with Crippen LogP contribution in [0.1, 0.15) is 5.89 Å². The van der Waals surface area contributed by atoms with Crippen molar-refractivity contribution in [3.8, 4) is 11.5 Å². The zero-order valence-electron chi connectivity index (χ0n) is 11.6. The summed E-state index contributed by atoms with van der Waals surface area (Å²) in [5.74, 6) is 1.10. The molecule has 1 aromatic heterocycles. The first-order valence-electron chi connectivity index (χ1n) is 6.79. The average molecular weight is 334 g/mol. The average Bonchev–Trinajstić information content (AvgIpc) is 3.00. The Labute approximate surface area is 138 Å². The van der Waals surface area contributed by atoms with Gasteiger partial charge in [0.15, 0.2) is 0 Å². The van der Waals surface area contributed by atoms with Gasteiger partial charge in [0.1, 0.15) is 0 Å². The minimum atomic E-state index is 0.524. The van der Waals surface area contributed by atoms with E-state index < -0.39 is 0 Å². The molecule has 0 amide bonds. The SMILES string of the molecule is Clc1ccc(Cl)c(NCCc2nnc(-c3ccccc3)o2)c1. The first-order valence-corrected chi connectivity index (χ1v) is 7.55. The first kappa shape index (κ1) is 14.9. The van der Waals surface area contributed by atoms with Crippen molar-refractivity contribution in [3.05, 3.63) is 64.5 Å². The smallest absolute Gasteiger partial charge is 0.247 e. The topological polar surface area (TPSA) is 51.0 Å². The van der Waals surface area contributed by atoms with E-state index in [0.29, 0.717) is 34.8 Å². The summed E-state index contributed by atoms with van der Waals surface area (Å²) in [4.78, 5) is 0. The van der Waals surface area contributed by atoms with Crippen molar-refractivity contribution in [1.82, 2.24) is 10.2 Å². The minimum Gasteiger partial charge on any atom is -0.421 e. The standard InChI is InChI=1S/C16H13Cl2N3O/c17-12-6-7-13(18)14(10-12)19-9-8-15-20-21-16(22-15)11-4-2-1-3-5-11/h1-7,10,19H,8-9H2. The van der Waals surface area contributed by atoms with Crippen molar-refractivity contribution in [3.63, 3.8) is 0 Å². The number of anilines is 1. The summed E-state index contributed by atoms with van der Waals surface area (Å²) < 4.78 is 5.64. The number of hydrogen-bond acceptors (Lipinski definition) is 4. The lowest BCUT2D eigenvalue weighted by molar-refractivity contribution is 0.509. The fraction of sp³-hybridized carbons (Fsp3) is 0.125. The van der Waals surface area contributed by atoms with Gasteiger partial charge in [0.25, 0.3) is 0 Å². The van der Waals surface area contributed by atoms with E-state index in [2.05, 4.69) is 15.5 Å². The normalized spacial score (nSPS) is 10.6. The number of rotatable bonds is 5. The van der Waals surface area contributed by atoms with E-state index in [1.54, 1.807) is 18.2 Å². The van der Waals surface area contributed by atoms with Crippen molar-refractivity contribution >= 4 is 28.9 Å².